The molecule has 0 aliphatic carbocycles. The van der Waals surface area contributed by atoms with Gasteiger partial charge in [0.25, 0.3) is 0 Å². The molecule has 0 spiro atoms. The van der Waals surface area contributed by atoms with Crippen LogP contribution >= 0.6 is 7.99 Å². The molecule has 7 heteroatoms. The van der Waals surface area contributed by atoms with Crippen LogP contribution < -0.4 is 0 Å². The van der Waals surface area contributed by atoms with Gasteiger partial charge in [-0.3, -0.25) is 4.89 Å². The summed E-state index contributed by atoms with van der Waals surface area (Å²) in [5.74, 6) is 2.24. The monoisotopic (exact) mass is 216 g/mol. The number of aliphatic hydroxyl groups excluding tert-OH is 2. The summed E-state index contributed by atoms with van der Waals surface area (Å²) in [4.78, 5) is 6.74. The van der Waals surface area contributed by atoms with E-state index >= 15 is 0 Å². The molecule has 0 aliphatic rings. The summed E-state index contributed by atoms with van der Waals surface area (Å²) in [5.41, 5.74) is 0. The highest BCUT2D eigenvalue weighted by Crippen LogP contribution is 2.43. The molecule has 0 saturated heterocycles. The molecule has 2 unspecified atom stereocenters. The summed E-state index contributed by atoms with van der Waals surface area (Å²) in [6.07, 6.45) is 3.59. The van der Waals surface area contributed by atoms with Crippen LogP contribution in [0.1, 0.15) is 13.3 Å². The molecular formula is C6H11F2O4P. The molecule has 0 rings (SSSR count). The molecule has 78 valence electrons. The quantitative estimate of drug-likeness (QED) is 0.470. The van der Waals surface area contributed by atoms with Gasteiger partial charge in [0.1, 0.15) is 0 Å². The average molecular weight is 216 g/mol. The van der Waals surface area contributed by atoms with E-state index in [2.05, 4.69) is 5.92 Å². The molecule has 3 N–H and O–H groups in total. The first-order valence-corrected chi connectivity index (χ1v) is 4.64. The lowest BCUT2D eigenvalue weighted by atomic mass is 10.2. The van der Waals surface area contributed by atoms with E-state index in [4.69, 9.17) is 26.1 Å². The molecule has 0 bridgehead atoms. The van der Waals surface area contributed by atoms with Crippen LogP contribution in [0.4, 0.5) is 8.39 Å². The maximum Gasteiger partial charge on any atom is 0.549 e. The predicted molar refractivity (Wildman–Crippen MR) is 43.2 cm³/mol. The van der Waals surface area contributed by atoms with Crippen LogP contribution in [0.2, 0.25) is 0 Å². The third-order valence-corrected chi connectivity index (χ3v) is 0.884. The summed E-state index contributed by atoms with van der Waals surface area (Å²) in [6, 6.07) is 0. The van der Waals surface area contributed by atoms with Crippen LogP contribution in [-0.4, -0.2) is 27.3 Å². The van der Waals surface area contributed by atoms with Gasteiger partial charge in [-0.25, -0.2) is 4.57 Å². The molecule has 0 aromatic carbocycles. The van der Waals surface area contributed by atoms with E-state index in [0.717, 1.165) is 0 Å². The zero-order valence-corrected chi connectivity index (χ0v) is 7.79. The lowest BCUT2D eigenvalue weighted by Gasteiger charge is -2.08. The van der Waals surface area contributed by atoms with Crippen molar-refractivity contribution >= 4 is 7.99 Å². The number of rotatable bonds is 2. The Labute approximate surface area is 74.9 Å². The molecule has 4 nitrogen and oxygen atoms in total. The largest absolute Gasteiger partial charge is 0.549 e. The molecule has 0 heterocycles. The normalized spacial score (nSPS) is 14.8. The van der Waals surface area contributed by atoms with Gasteiger partial charge in [-0.15, -0.1) is 20.7 Å². The Balaban J connectivity index is 0. The Morgan fingerprint density at radius 2 is 1.85 bits per heavy atom. The van der Waals surface area contributed by atoms with Crippen LogP contribution in [0, 0.1) is 12.3 Å². The second-order valence-corrected chi connectivity index (χ2v) is 3.02. The lowest BCUT2D eigenvalue weighted by molar-refractivity contribution is 0.0350. The fraction of sp³-hybridized carbons (Fsp3) is 0.667. The Bertz CT molecular complexity index is 199. The third kappa shape index (κ3) is 24.6. The van der Waals surface area contributed by atoms with E-state index < -0.39 is 20.2 Å². The minimum absolute atomic E-state index is 0.220. The van der Waals surface area contributed by atoms with Crippen molar-refractivity contribution in [3.63, 3.8) is 0 Å². The van der Waals surface area contributed by atoms with Crippen molar-refractivity contribution in [2.75, 3.05) is 0 Å². The number of terminal acetylenes is 1. The molecule has 0 aromatic heterocycles. The highest BCUT2D eigenvalue weighted by molar-refractivity contribution is 7.46. The topological polar surface area (TPSA) is 77.8 Å². The highest BCUT2D eigenvalue weighted by atomic mass is 31.2. The Kier molecular flexibility index (Phi) is 8.07. The minimum Gasteiger partial charge on any atom is -0.391 e. The summed E-state index contributed by atoms with van der Waals surface area (Å²) >= 11 is 0. The van der Waals surface area contributed by atoms with Gasteiger partial charge in [-0.05, 0) is 6.92 Å². The number of aliphatic hydroxyl groups is 2. The van der Waals surface area contributed by atoms with Gasteiger partial charge in [-0.2, -0.15) is 0 Å². The standard InChI is InChI=1S/C6H10O2.F2HO2P/c1-3-4-6(8)5(2)7;1-5(2,3)4/h1,5-8H,4H2,2H3;(H,3,4). The van der Waals surface area contributed by atoms with E-state index in [-0.39, 0.29) is 6.42 Å². The SMILES string of the molecule is C#CCC(O)C(C)O.O=P(O)(F)F. The second-order valence-electron chi connectivity index (χ2n) is 2.15. The molecule has 0 amide bonds. The van der Waals surface area contributed by atoms with Gasteiger partial charge in [0, 0.05) is 6.42 Å². The molecule has 13 heavy (non-hydrogen) atoms. The first kappa shape index (κ1) is 15.0. The van der Waals surface area contributed by atoms with Crippen LogP contribution in [0.5, 0.6) is 0 Å². The van der Waals surface area contributed by atoms with E-state index in [0.29, 0.717) is 0 Å². The Hall–Kier alpha value is -0.470. The molecule has 0 aromatic rings. The first-order valence-electron chi connectivity index (χ1n) is 3.20. The fourth-order valence-corrected chi connectivity index (χ4v) is 0.291. The molecular weight excluding hydrogens is 205 g/mol. The Morgan fingerprint density at radius 3 is 1.92 bits per heavy atom. The second kappa shape index (κ2) is 6.98. The third-order valence-electron chi connectivity index (χ3n) is 0.884. The van der Waals surface area contributed by atoms with Crippen molar-refractivity contribution in [2.45, 2.75) is 25.6 Å². The van der Waals surface area contributed by atoms with Crippen molar-refractivity contribution < 1.29 is 28.1 Å². The first-order chi connectivity index (χ1) is 5.68. The smallest absolute Gasteiger partial charge is 0.391 e. The summed E-state index contributed by atoms with van der Waals surface area (Å²) in [7, 11) is -5.64. The molecule has 0 saturated carbocycles. The number of hydrogen-bond donors (Lipinski definition) is 3. The highest BCUT2D eigenvalue weighted by Gasteiger charge is 2.09. The van der Waals surface area contributed by atoms with Crippen molar-refractivity contribution in [3.8, 4) is 12.3 Å². The number of halogens is 2. The zero-order chi connectivity index (χ0) is 11.1. The number of hydrogen-bond acceptors (Lipinski definition) is 3. The van der Waals surface area contributed by atoms with Crippen LogP contribution in [0.3, 0.4) is 0 Å². The lowest BCUT2D eigenvalue weighted by Crippen LogP contribution is -2.21. The predicted octanol–water partition coefficient (Wildman–Crippen LogP) is 0.777. The molecule has 2 atom stereocenters. The van der Waals surface area contributed by atoms with Crippen LogP contribution in [0.25, 0.3) is 0 Å². The summed E-state index contributed by atoms with van der Waals surface area (Å²) in [5, 5.41) is 17.3. The van der Waals surface area contributed by atoms with Crippen molar-refractivity contribution in [1.82, 2.24) is 0 Å². The van der Waals surface area contributed by atoms with Gasteiger partial charge in [0.15, 0.2) is 0 Å². The molecule has 0 aliphatic heterocycles. The minimum atomic E-state index is -5.64. The Morgan fingerprint density at radius 1 is 1.54 bits per heavy atom. The molecule has 0 fully saturated rings. The summed E-state index contributed by atoms with van der Waals surface area (Å²) in [6.45, 7) is 1.50. The fourth-order valence-electron chi connectivity index (χ4n) is 0.291. The average Bonchev–Trinajstić information content (AvgIpc) is 1.84. The van der Waals surface area contributed by atoms with Gasteiger partial charge in [0.2, 0.25) is 0 Å². The summed E-state index contributed by atoms with van der Waals surface area (Å²) < 4.78 is 28.7. The van der Waals surface area contributed by atoms with Crippen molar-refractivity contribution in [2.24, 2.45) is 0 Å². The zero-order valence-electron chi connectivity index (χ0n) is 6.89. The maximum atomic E-state index is 10.1. The van der Waals surface area contributed by atoms with Crippen molar-refractivity contribution in [1.29, 1.82) is 0 Å². The molecule has 0 radical (unpaired) electrons. The van der Waals surface area contributed by atoms with Gasteiger partial charge in [-0.1, -0.05) is 0 Å². The van der Waals surface area contributed by atoms with E-state index in [1.54, 1.807) is 0 Å². The van der Waals surface area contributed by atoms with E-state index in [1.807, 2.05) is 0 Å². The van der Waals surface area contributed by atoms with Crippen LogP contribution in [0.15, 0.2) is 0 Å². The van der Waals surface area contributed by atoms with Gasteiger partial charge < -0.3 is 10.2 Å². The van der Waals surface area contributed by atoms with Gasteiger partial charge in [0.05, 0.1) is 12.2 Å². The van der Waals surface area contributed by atoms with Crippen LogP contribution in [-0.2, 0) is 4.57 Å². The van der Waals surface area contributed by atoms with E-state index in [9.17, 15) is 8.39 Å². The van der Waals surface area contributed by atoms with Gasteiger partial charge >= 0.3 is 7.99 Å². The maximum absolute atomic E-state index is 10.1. The van der Waals surface area contributed by atoms with E-state index in [1.165, 1.54) is 6.92 Å². The van der Waals surface area contributed by atoms with Crippen molar-refractivity contribution in [3.05, 3.63) is 0 Å².